The number of hydrogen-bond acceptors (Lipinski definition) is 8. The summed E-state index contributed by atoms with van der Waals surface area (Å²) in [6.45, 7) is 1.77. The van der Waals surface area contributed by atoms with Gasteiger partial charge >= 0.3 is 0 Å². The highest BCUT2D eigenvalue weighted by molar-refractivity contribution is 5.98. The molecule has 0 aliphatic heterocycles. The van der Waals surface area contributed by atoms with Gasteiger partial charge in [-0.1, -0.05) is 6.07 Å². The second kappa shape index (κ2) is 8.97. The molecule has 0 aliphatic rings. The molecule has 0 radical (unpaired) electrons. The highest BCUT2D eigenvalue weighted by atomic mass is 19.1. The SMILES string of the molecule is COc1ccc(-c2nn(C(C)c3nc4cccc(F)c4c(=O)n3-c3cnn(C)c3)c3ncnc(N)c23)cc1F. The molecule has 4 aromatic heterocycles. The first-order chi connectivity index (χ1) is 18.8. The number of anilines is 1. The Bertz CT molecular complexity index is 1960. The van der Waals surface area contributed by atoms with Crippen LogP contribution >= 0.6 is 0 Å². The maximum absolute atomic E-state index is 14.8. The fraction of sp³-hybridized carbons (Fsp3) is 0.154. The number of nitrogens with zero attached hydrogens (tertiary/aromatic N) is 8. The molecular weight excluding hydrogens is 508 g/mol. The lowest BCUT2D eigenvalue weighted by molar-refractivity contribution is 0.386. The van der Waals surface area contributed by atoms with E-state index in [1.54, 1.807) is 32.3 Å². The number of aryl methyl sites for hydroxylation is 1. The van der Waals surface area contributed by atoms with Gasteiger partial charge in [-0.15, -0.1) is 0 Å². The third-order valence-corrected chi connectivity index (χ3v) is 6.51. The van der Waals surface area contributed by atoms with Crippen molar-refractivity contribution in [3.05, 3.63) is 82.9 Å². The van der Waals surface area contributed by atoms with Crippen LogP contribution in [0.25, 0.3) is 38.9 Å². The highest BCUT2D eigenvalue weighted by Crippen LogP contribution is 2.34. The molecule has 6 aromatic rings. The lowest BCUT2D eigenvalue weighted by Crippen LogP contribution is -2.28. The Morgan fingerprint density at radius 3 is 2.62 bits per heavy atom. The number of nitrogen functional groups attached to an aromatic ring is 1. The molecule has 1 atom stereocenters. The number of nitrogens with two attached hydrogens (primary N) is 1. The maximum atomic E-state index is 14.8. The predicted molar refractivity (Wildman–Crippen MR) is 140 cm³/mol. The van der Waals surface area contributed by atoms with Gasteiger partial charge < -0.3 is 10.5 Å². The zero-order valence-corrected chi connectivity index (χ0v) is 21.0. The zero-order chi connectivity index (χ0) is 27.4. The standard InChI is InChI=1S/C26H21F2N9O2/c1-13(24-33-18-6-4-5-16(27)20(18)26(38)36(24)15-10-32-35(2)11-15)37-25-21(23(29)30-12-31-25)22(34-37)14-7-8-19(39-3)17(28)9-14/h4-13H,1-3H3,(H2,29,30,31). The van der Waals surface area contributed by atoms with Crippen molar-refractivity contribution in [1.82, 2.24) is 39.1 Å². The molecule has 11 nitrogen and oxygen atoms in total. The van der Waals surface area contributed by atoms with Gasteiger partial charge in [0, 0.05) is 18.8 Å². The molecule has 0 amide bonds. The van der Waals surface area contributed by atoms with Gasteiger partial charge in [-0.25, -0.2) is 28.4 Å². The monoisotopic (exact) mass is 529 g/mol. The van der Waals surface area contributed by atoms with Crippen LogP contribution < -0.4 is 16.0 Å². The Hall–Kier alpha value is -5.20. The van der Waals surface area contributed by atoms with Gasteiger partial charge in [0.25, 0.3) is 5.56 Å². The van der Waals surface area contributed by atoms with Crippen LogP contribution in [-0.4, -0.2) is 46.2 Å². The summed E-state index contributed by atoms with van der Waals surface area (Å²) in [6.07, 6.45) is 4.40. The maximum Gasteiger partial charge on any atom is 0.269 e. The molecule has 2 aromatic carbocycles. The number of ether oxygens (including phenoxy) is 1. The van der Waals surface area contributed by atoms with Crippen molar-refractivity contribution in [3.63, 3.8) is 0 Å². The van der Waals surface area contributed by atoms with Crippen molar-refractivity contribution in [3.8, 4) is 22.7 Å². The average molecular weight is 530 g/mol. The zero-order valence-electron chi connectivity index (χ0n) is 21.0. The summed E-state index contributed by atoms with van der Waals surface area (Å²) in [5.41, 5.74) is 7.30. The van der Waals surface area contributed by atoms with Crippen LogP contribution in [0.3, 0.4) is 0 Å². The first-order valence-electron chi connectivity index (χ1n) is 11.8. The first kappa shape index (κ1) is 24.2. The number of methoxy groups -OCH3 is 1. The van der Waals surface area contributed by atoms with Crippen molar-refractivity contribution in [2.24, 2.45) is 7.05 Å². The number of aromatic nitrogens is 8. The van der Waals surface area contributed by atoms with Gasteiger partial charge in [-0.2, -0.15) is 10.2 Å². The Balaban J connectivity index is 1.63. The topological polar surface area (TPSA) is 132 Å². The average Bonchev–Trinajstić information content (AvgIpc) is 3.52. The lowest BCUT2D eigenvalue weighted by atomic mass is 10.1. The minimum atomic E-state index is -0.723. The summed E-state index contributed by atoms with van der Waals surface area (Å²) in [5, 5.41) is 9.15. The minimum absolute atomic E-state index is 0.0770. The third kappa shape index (κ3) is 3.77. The van der Waals surface area contributed by atoms with Crippen LogP contribution in [0.2, 0.25) is 0 Å². The molecule has 0 bridgehead atoms. The number of fused-ring (bicyclic) bond motifs is 2. The van der Waals surface area contributed by atoms with E-state index in [1.165, 1.54) is 57.8 Å². The molecule has 13 heteroatoms. The molecule has 1 unspecified atom stereocenters. The second-order valence-electron chi connectivity index (χ2n) is 8.89. The fourth-order valence-corrected chi connectivity index (χ4v) is 4.65. The molecule has 4 heterocycles. The van der Waals surface area contributed by atoms with E-state index in [9.17, 15) is 13.6 Å². The van der Waals surface area contributed by atoms with Crippen molar-refractivity contribution in [2.45, 2.75) is 13.0 Å². The summed E-state index contributed by atoms with van der Waals surface area (Å²) in [4.78, 5) is 26.9. The van der Waals surface area contributed by atoms with Gasteiger partial charge in [0.1, 0.15) is 40.9 Å². The number of halogens is 2. The molecule has 0 saturated heterocycles. The molecule has 0 fully saturated rings. The molecule has 196 valence electrons. The van der Waals surface area contributed by atoms with E-state index in [4.69, 9.17) is 15.6 Å². The van der Waals surface area contributed by atoms with Crippen molar-refractivity contribution in [1.29, 1.82) is 0 Å². The van der Waals surface area contributed by atoms with Crippen LogP contribution in [0.4, 0.5) is 14.6 Å². The number of benzene rings is 2. The van der Waals surface area contributed by atoms with E-state index in [0.29, 0.717) is 28.0 Å². The summed E-state index contributed by atoms with van der Waals surface area (Å²) in [7, 11) is 3.08. The van der Waals surface area contributed by atoms with Crippen molar-refractivity contribution < 1.29 is 13.5 Å². The van der Waals surface area contributed by atoms with Gasteiger partial charge in [0.05, 0.1) is 29.9 Å². The minimum Gasteiger partial charge on any atom is -0.494 e. The third-order valence-electron chi connectivity index (χ3n) is 6.51. The molecule has 39 heavy (non-hydrogen) atoms. The summed E-state index contributed by atoms with van der Waals surface area (Å²) in [5.74, 6) is -0.795. The summed E-state index contributed by atoms with van der Waals surface area (Å²) >= 11 is 0. The van der Waals surface area contributed by atoms with Gasteiger partial charge in [-0.3, -0.25) is 14.0 Å². The normalized spacial score (nSPS) is 12.3. The van der Waals surface area contributed by atoms with E-state index < -0.39 is 23.2 Å². The molecule has 2 N–H and O–H groups in total. The molecular formula is C26H21F2N9O2. The van der Waals surface area contributed by atoms with Crippen LogP contribution in [0.15, 0.2) is 59.9 Å². The van der Waals surface area contributed by atoms with E-state index in [2.05, 4.69) is 20.1 Å². The summed E-state index contributed by atoms with van der Waals surface area (Å²) in [6, 6.07) is 7.95. The second-order valence-corrected chi connectivity index (χ2v) is 8.89. The van der Waals surface area contributed by atoms with E-state index in [0.717, 1.165) is 0 Å². The molecule has 0 spiro atoms. The van der Waals surface area contributed by atoms with Gasteiger partial charge in [0.2, 0.25) is 0 Å². The fourth-order valence-electron chi connectivity index (χ4n) is 4.65. The van der Waals surface area contributed by atoms with Gasteiger partial charge in [0.15, 0.2) is 17.2 Å². The van der Waals surface area contributed by atoms with Crippen LogP contribution in [0.1, 0.15) is 18.8 Å². The molecule has 0 saturated carbocycles. The van der Waals surface area contributed by atoms with E-state index >= 15 is 0 Å². The predicted octanol–water partition coefficient (Wildman–Crippen LogP) is 3.40. The molecule has 6 rings (SSSR count). The Morgan fingerprint density at radius 2 is 1.90 bits per heavy atom. The van der Waals surface area contributed by atoms with Crippen LogP contribution in [0.5, 0.6) is 5.75 Å². The number of hydrogen-bond donors (Lipinski definition) is 1. The largest absolute Gasteiger partial charge is 0.494 e. The van der Waals surface area contributed by atoms with Crippen LogP contribution in [-0.2, 0) is 7.05 Å². The van der Waals surface area contributed by atoms with Crippen LogP contribution in [0, 0.1) is 11.6 Å². The smallest absolute Gasteiger partial charge is 0.269 e. The Labute approximate surface area is 219 Å². The first-order valence-corrected chi connectivity index (χ1v) is 11.8. The van der Waals surface area contributed by atoms with Crippen molar-refractivity contribution in [2.75, 3.05) is 12.8 Å². The highest BCUT2D eigenvalue weighted by Gasteiger charge is 2.26. The lowest BCUT2D eigenvalue weighted by Gasteiger charge is -2.18. The van der Waals surface area contributed by atoms with Gasteiger partial charge in [-0.05, 0) is 37.3 Å². The Kier molecular flexibility index (Phi) is 5.56. The van der Waals surface area contributed by atoms with E-state index in [1.807, 2.05) is 0 Å². The quantitative estimate of drug-likeness (QED) is 0.360. The summed E-state index contributed by atoms with van der Waals surface area (Å²) < 4.78 is 38.8. The van der Waals surface area contributed by atoms with Crippen molar-refractivity contribution >= 4 is 27.8 Å². The Morgan fingerprint density at radius 1 is 1.08 bits per heavy atom. The number of rotatable bonds is 5. The van der Waals surface area contributed by atoms with E-state index in [-0.39, 0.29) is 28.3 Å². The molecule has 0 aliphatic carbocycles.